The van der Waals surface area contributed by atoms with Crippen LogP contribution in [0, 0.1) is 11.3 Å². The van der Waals surface area contributed by atoms with Crippen molar-refractivity contribution in [2.24, 2.45) is 11.3 Å². The summed E-state index contributed by atoms with van der Waals surface area (Å²) in [4.78, 5) is 26.8. The zero-order chi connectivity index (χ0) is 19.6. The van der Waals surface area contributed by atoms with Crippen LogP contribution in [0.25, 0.3) is 0 Å². The predicted molar refractivity (Wildman–Crippen MR) is 103 cm³/mol. The number of urea groups is 1. The second kappa shape index (κ2) is 7.40. The van der Waals surface area contributed by atoms with E-state index in [1.807, 2.05) is 71.0 Å². The van der Waals surface area contributed by atoms with Crippen LogP contribution in [-0.4, -0.2) is 32.2 Å². The first kappa shape index (κ1) is 19.8. The maximum absolute atomic E-state index is 12.8. The number of hydrogen-bond acceptors (Lipinski definition) is 4. The molecule has 0 saturated carbocycles. The van der Waals surface area contributed by atoms with Gasteiger partial charge in [0.1, 0.15) is 12.0 Å². The van der Waals surface area contributed by atoms with Crippen molar-refractivity contribution in [2.75, 3.05) is 19.0 Å². The van der Waals surface area contributed by atoms with Crippen LogP contribution >= 0.6 is 0 Å². The molecule has 1 aliphatic heterocycles. The number of anilines is 1. The number of nitrogens with one attached hydrogen (secondary N) is 2. The molecule has 1 fully saturated rings. The zero-order valence-electron chi connectivity index (χ0n) is 16.4. The number of benzene rings is 1. The number of carbonyl (C=O) groups is 2. The molecule has 0 bridgehead atoms. The van der Waals surface area contributed by atoms with Gasteiger partial charge >= 0.3 is 12.0 Å². The Labute approximate surface area is 155 Å². The number of ether oxygens (including phenoxy) is 1. The minimum atomic E-state index is -0.692. The number of hydrogen-bond donors (Lipinski definition) is 2. The van der Waals surface area contributed by atoms with Gasteiger partial charge < -0.3 is 20.3 Å². The highest BCUT2D eigenvalue weighted by atomic mass is 16.5. The van der Waals surface area contributed by atoms with E-state index in [9.17, 15) is 9.59 Å². The molecule has 2 amide bonds. The van der Waals surface area contributed by atoms with E-state index in [4.69, 9.17) is 4.74 Å². The van der Waals surface area contributed by atoms with Crippen LogP contribution in [-0.2, 0) is 9.53 Å². The van der Waals surface area contributed by atoms with Crippen molar-refractivity contribution in [3.63, 3.8) is 0 Å². The largest absolute Gasteiger partial charge is 0.462 e. The molecule has 0 aliphatic carbocycles. The molecule has 6 nitrogen and oxygen atoms in total. The molecule has 1 saturated heterocycles. The monoisotopic (exact) mass is 359 g/mol. The van der Waals surface area contributed by atoms with E-state index in [1.165, 1.54) is 0 Å². The quantitative estimate of drug-likeness (QED) is 0.810. The third-order valence-corrected chi connectivity index (χ3v) is 4.80. The minimum Gasteiger partial charge on any atom is -0.462 e. The van der Waals surface area contributed by atoms with Crippen LogP contribution in [0.15, 0.2) is 36.5 Å². The average molecular weight is 359 g/mol. The molecule has 2 rings (SSSR count). The van der Waals surface area contributed by atoms with Gasteiger partial charge in [-0.3, -0.25) is 4.79 Å². The van der Waals surface area contributed by atoms with E-state index < -0.39 is 17.9 Å². The summed E-state index contributed by atoms with van der Waals surface area (Å²) in [6.07, 6.45) is -0.266. The van der Waals surface area contributed by atoms with Gasteiger partial charge in [0.05, 0.1) is 6.04 Å². The Balaban J connectivity index is 2.29. The topological polar surface area (TPSA) is 70.7 Å². The number of nitrogens with zero attached hydrogens (tertiary/aromatic N) is 1. The molecule has 0 spiro atoms. The molecule has 0 radical (unpaired) electrons. The average Bonchev–Trinajstić information content (AvgIpc) is 2.53. The first-order valence-electron chi connectivity index (χ1n) is 8.75. The Bertz CT molecular complexity index is 689. The van der Waals surface area contributed by atoms with Crippen LogP contribution in [0.3, 0.4) is 0 Å². The molecular formula is C20H29N3O3. The fourth-order valence-electron chi connectivity index (χ4n) is 2.64. The summed E-state index contributed by atoms with van der Waals surface area (Å²) in [6, 6.07) is 6.83. The lowest BCUT2D eigenvalue weighted by Crippen LogP contribution is -2.51. The third-order valence-electron chi connectivity index (χ3n) is 4.80. The summed E-state index contributed by atoms with van der Waals surface area (Å²) in [6.45, 7) is 11.8. The summed E-state index contributed by atoms with van der Waals surface area (Å²) in [5.41, 5.74) is 2.04. The normalized spacial score (nSPS) is 21.5. The van der Waals surface area contributed by atoms with Gasteiger partial charge in [0, 0.05) is 25.5 Å². The smallest absolute Gasteiger partial charge is 0.319 e. The summed E-state index contributed by atoms with van der Waals surface area (Å²) >= 11 is 0. The van der Waals surface area contributed by atoms with Crippen molar-refractivity contribution < 1.29 is 14.3 Å². The molecule has 1 heterocycles. The molecule has 142 valence electrons. The van der Waals surface area contributed by atoms with Gasteiger partial charge in [0.25, 0.3) is 0 Å². The summed E-state index contributed by atoms with van der Waals surface area (Å²) < 4.78 is 5.67. The van der Waals surface area contributed by atoms with Crippen LogP contribution in [0.2, 0.25) is 0 Å². The van der Waals surface area contributed by atoms with Gasteiger partial charge in [0.2, 0.25) is 0 Å². The zero-order valence-corrected chi connectivity index (χ0v) is 16.4. The van der Waals surface area contributed by atoms with Crippen molar-refractivity contribution >= 4 is 17.7 Å². The predicted octanol–water partition coefficient (Wildman–Crippen LogP) is 3.21. The van der Waals surface area contributed by atoms with Crippen molar-refractivity contribution in [2.45, 2.75) is 39.8 Å². The van der Waals surface area contributed by atoms with E-state index in [-0.39, 0.29) is 17.6 Å². The number of carbonyl (C=O) groups excluding carboxylic acids is 2. The fourth-order valence-corrected chi connectivity index (χ4v) is 2.64. The molecular weight excluding hydrogens is 330 g/mol. The van der Waals surface area contributed by atoms with Gasteiger partial charge in [-0.25, -0.2) is 4.79 Å². The van der Waals surface area contributed by atoms with Crippen molar-refractivity contribution in [1.29, 1.82) is 0 Å². The van der Waals surface area contributed by atoms with E-state index in [0.29, 0.717) is 5.70 Å². The van der Waals surface area contributed by atoms with Crippen LogP contribution in [0.1, 0.15) is 39.3 Å². The van der Waals surface area contributed by atoms with Crippen molar-refractivity contribution in [1.82, 2.24) is 10.6 Å². The SMILES string of the molecule is C=C1NC(=O)NC(c2ccc(N(C)C)cc2)C1C(=O)OC(C)C(C)(C)C. The van der Waals surface area contributed by atoms with Gasteiger partial charge in [0.15, 0.2) is 0 Å². The number of rotatable bonds is 4. The lowest BCUT2D eigenvalue weighted by Gasteiger charge is -2.35. The van der Waals surface area contributed by atoms with Crippen LogP contribution in [0.4, 0.5) is 10.5 Å². The third kappa shape index (κ3) is 4.36. The van der Waals surface area contributed by atoms with E-state index in [1.54, 1.807) is 0 Å². The molecule has 3 atom stereocenters. The van der Waals surface area contributed by atoms with E-state index in [0.717, 1.165) is 11.3 Å². The van der Waals surface area contributed by atoms with Gasteiger partial charge in [-0.05, 0) is 30.0 Å². The molecule has 26 heavy (non-hydrogen) atoms. The lowest BCUT2D eigenvalue weighted by atomic mass is 9.87. The first-order chi connectivity index (χ1) is 12.0. The van der Waals surface area contributed by atoms with Gasteiger partial charge in [-0.1, -0.05) is 39.5 Å². The van der Waals surface area contributed by atoms with Crippen LogP contribution in [0.5, 0.6) is 0 Å². The maximum atomic E-state index is 12.8. The highest BCUT2D eigenvalue weighted by Gasteiger charge is 2.40. The van der Waals surface area contributed by atoms with Crippen LogP contribution < -0.4 is 15.5 Å². The Morgan fingerprint density at radius 3 is 2.31 bits per heavy atom. The summed E-state index contributed by atoms with van der Waals surface area (Å²) in [5, 5.41) is 5.43. The second-order valence-electron chi connectivity index (χ2n) is 8.01. The van der Waals surface area contributed by atoms with E-state index in [2.05, 4.69) is 17.2 Å². The first-order valence-corrected chi connectivity index (χ1v) is 8.75. The molecule has 6 heteroatoms. The molecule has 3 unspecified atom stereocenters. The molecule has 1 aromatic carbocycles. The lowest BCUT2D eigenvalue weighted by molar-refractivity contribution is -0.158. The van der Waals surface area contributed by atoms with Crippen molar-refractivity contribution in [3.05, 3.63) is 42.1 Å². The van der Waals surface area contributed by atoms with Gasteiger partial charge in [-0.2, -0.15) is 0 Å². The molecule has 1 aromatic rings. The van der Waals surface area contributed by atoms with E-state index >= 15 is 0 Å². The van der Waals surface area contributed by atoms with Gasteiger partial charge in [-0.15, -0.1) is 0 Å². The Kier molecular flexibility index (Phi) is 5.64. The maximum Gasteiger partial charge on any atom is 0.319 e. The number of esters is 1. The highest BCUT2D eigenvalue weighted by molar-refractivity contribution is 5.85. The standard InChI is InChI=1S/C20H29N3O3/c1-12-16(18(24)26-13(2)20(3,4)5)17(22-19(25)21-12)14-8-10-15(11-9-14)23(6)7/h8-11,13,16-17H,1H2,2-7H3,(H2,21,22,25). The Hall–Kier alpha value is -2.50. The molecule has 1 aliphatic rings. The second-order valence-corrected chi connectivity index (χ2v) is 8.01. The molecule has 0 aromatic heterocycles. The summed E-state index contributed by atoms with van der Waals surface area (Å²) in [5.74, 6) is -1.09. The number of amides is 2. The highest BCUT2D eigenvalue weighted by Crippen LogP contribution is 2.33. The van der Waals surface area contributed by atoms with Crippen molar-refractivity contribution in [3.8, 4) is 0 Å². The fraction of sp³-hybridized carbons (Fsp3) is 0.500. The molecule has 2 N–H and O–H groups in total. The minimum absolute atomic E-state index is 0.175. The Morgan fingerprint density at radius 2 is 1.81 bits per heavy atom. The summed E-state index contributed by atoms with van der Waals surface area (Å²) in [7, 11) is 3.91. The Morgan fingerprint density at radius 1 is 1.23 bits per heavy atom.